The molecule has 2 aliphatic rings. The molecular formula is C18H24ClNO4. The molecule has 132 valence electrons. The Morgan fingerprint density at radius 2 is 1.67 bits per heavy atom. The maximum Gasteiger partial charge on any atom is 0.303 e. The minimum absolute atomic E-state index is 0.296. The first-order valence-corrected chi connectivity index (χ1v) is 8.69. The summed E-state index contributed by atoms with van der Waals surface area (Å²) >= 11 is 5.93. The number of halogens is 1. The summed E-state index contributed by atoms with van der Waals surface area (Å²) in [6, 6.07) is 9.74. The predicted molar refractivity (Wildman–Crippen MR) is 92.4 cm³/mol. The van der Waals surface area contributed by atoms with E-state index < -0.39 is 11.9 Å². The van der Waals surface area contributed by atoms with Gasteiger partial charge in [0.2, 0.25) is 0 Å². The number of nitrogens with one attached hydrogen (secondary N) is 1. The van der Waals surface area contributed by atoms with Gasteiger partial charge in [0.25, 0.3) is 0 Å². The van der Waals surface area contributed by atoms with Crippen LogP contribution in [0.2, 0.25) is 5.02 Å². The Hall–Kier alpha value is -1.59. The molecule has 1 aliphatic carbocycles. The third-order valence-corrected chi connectivity index (χ3v) is 4.88. The molecule has 0 spiro atoms. The second kappa shape index (κ2) is 8.49. The topological polar surface area (TPSA) is 86.6 Å². The van der Waals surface area contributed by atoms with E-state index in [-0.39, 0.29) is 12.8 Å². The van der Waals surface area contributed by atoms with E-state index in [0.29, 0.717) is 12.0 Å². The van der Waals surface area contributed by atoms with Crippen molar-refractivity contribution in [1.29, 1.82) is 0 Å². The van der Waals surface area contributed by atoms with Crippen LogP contribution < -0.4 is 5.32 Å². The van der Waals surface area contributed by atoms with Gasteiger partial charge in [0, 0.05) is 23.0 Å². The molecule has 1 heterocycles. The third kappa shape index (κ3) is 5.80. The molecule has 6 heteroatoms. The van der Waals surface area contributed by atoms with E-state index in [0.717, 1.165) is 17.0 Å². The summed E-state index contributed by atoms with van der Waals surface area (Å²) in [5.74, 6) is -0.526. The molecule has 3 unspecified atom stereocenters. The normalized spacial score (nSPS) is 25.7. The Labute approximate surface area is 147 Å². The average Bonchev–Trinajstić information content (AvgIpc) is 3.30. The Kier molecular flexibility index (Phi) is 6.63. The van der Waals surface area contributed by atoms with Crippen molar-refractivity contribution in [2.24, 2.45) is 5.92 Å². The van der Waals surface area contributed by atoms with E-state index in [4.69, 9.17) is 21.8 Å². The highest BCUT2D eigenvalue weighted by Crippen LogP contribution is 2.42. The first-order chi connectivity index (χ1) is 11.4. The van der Waals surface area contributed by atoms with Gasteiger partial charge >= 0.3 is 11.9 Å². The summed E-state index contributed by atoms with van der Waals surface area (Å²) in [6.07, 6.45) is 3.56. The van der Waals surface area contributed by atoms with E-state index >= 15 is 0 Å². The van der Waals surface area contributed by atoms with E-state index in [1.165, 1.54) is 24.8 Å². The van der Waals surface area contributed by atoms with Crippen LogP contribution in [0.3, 0.4) is 0 Å². The molecule has 3 atom stereocenters. The van der Waals surface area contributed by atoms with Gasteiger partial charge in [-0.3, -0.25) is 9.59 Å². The summed E-state index contributed by atoms with van der Waals surface area (Å²) in [6.45, 7) is 2.31. The van der Waals surface area contributed by atoms with Crippen LogP contribution in [0.4, 0.5) is 0 Å². The van der Waals surface area contributed by atoms with Crippen molar-refractivity contribution in [2.45, 2.75) is 57.0 Å². The zero-order valence-corrected chi connectivity index (χ0v) is 14.5. The quantitative estimate of drug-likeness (QED) is 0.754. The highest BCUT2D eigenvalue weighted by molar-refractivity contribution is 6.30. The number of aliphatic carboxylic acids is 2. The lowest BCUT2D eigenvalue weighted by atomic mass is 9.91. The molecule has 2 fully saturated rings. The molecule has 5 nitrogen and oxygen atoms in total. The van der Waals surface area contributed by atoms with Gasteiger partial charge in [-0.2, -0.15) is 0 Å². The van der Waals surface area contributed by atoms with Gasteiger partial charge in [0.05, 0.1) is 12.8 Å². The molecule has 24 heavy (non-hydrogen) atoms. The van der Waals surface area contributed by atoms with Crippen LogP contribution in [0.25, 0.3) is 0 Å². The Morgan fingerprint density at radius 3 is 2.12 bits per heavy atom. The molecule has 0 radical (unpaired) electrons. The van der Waals surface area contributed by atoms with Crippen molar-refractivity contribution < 1.29 is 19.8 Å². The van der Waals surface area contributed by atoms with Gasteiger partial charge in [-0.15, -0.1) is 0 Å². The monoisotopic (exact) mass is 353 g/mol. The fourth-order valence-corrected chi connectivity index (χ4v) is 3.30. The van der Waals surface area contributed by atoms with Crippen LogP contribution >= 0.6 is 11.6 Å². The molecule has 1 aliphatic heterocycles. The lowest BCUT2D eigenvalue weighted by Crippen LogP contribution is -2.29. The van der Waals surface area contributed by atoms with E-state index in [1.807, 2.05) is 12.1 Å². The van der Waals surface area contributed by atoms with Crippen LogP contribution in [-0.2, 0) is 9.59 Å². The molecule has 1 aromatic rings. The van der Waals surface area contributed by atoms with Gasteiger partial charge in [-0.25, -0.2) is 0 Å². The number of hydrogen-bond acceptors (Lipinski definition) is 3. The van der Waals surface area contributed by atoms with Crippen molar-refractivity contribution in [3.8, 4) is 0 Å². The highest BCUT2D eigenvalue weighted by Gasteiger charge is 2.40. The molecule has 3 N–H and O–H groups in total. The minimum Gasteiger partial charge on any atom is -0.481 e. The van der Waals surface area contributed by atoms with E-state index in [9.17, 15) is 9.59 Å². The lowest BCUT2D eigenvalue weighted by Gasteiger charge is -2.14. The molecule has 1 saturated heterocycles. The zero-order chi connectivity index (χ0) is 17.7. The molecule has 0 bridgehead atoms. The summed E-state index contributed by atoms with van der Waals surface area (Å²) in [4.78, 5) is 19.3. The lowest BCUT2D eigenvalue weighted by molar-refractivity contribution is -0.143. The maximum absolute atomic E-state index is 9.64. The van der Waals surface area contributed by atoms with Gasteiger partial charge in [0.1, 0.15) is 0 Å². The van der Waals surface area contributed by atoms with Gasteiger partial charge < -0.3 is 15.5 Å². The maximum atomic E-state index is 9.64. The third-order valence-electron chi connectivity index (χ3n) is 4.63. The van der Waals surface area contributed by atoms with E-state index in [2.05, 4.69) is 24.4 Å². The molecular weight excluding hydrogens is 330 g/mol. The summed E-state index contributed by atoms with van der Waals surface area (Å²) in [7, 11) is 0. The number of rotatable bonds is 5. The average molecular weight is 354 g/mol. The fourth-order valence-electron chi connectivity index (χ4n) is 3.18. The van der Waals surface area contributed by atoms with Crippen molar-refractivity contribution >= 4 is 23.5 Å². The summed E-state index contributed by atoms with van der Waals surface area (Å²) in [5, 5.41) is 20.4. The summed E-state index contributed by atoms with van der Waals surface area (Å²) in [5.41, 5.74) is 1.44. The van der Waals surface area contributed by atoms with Crippen molar-refractivity contribution in [3.05, 3.63) is 34.9 Å². The largest absolute Gasteiger partial charge is 0.481 e. The second-order valence-electron chi connectivity index (χ2n) is 6.58. The first kappa shape index (κ1) is 18.7. The molecule has 1 aromatic carbocycles. The van der Waals surface area contributed by atoms with Gasteiger partial charge in [-0.05, 0) is 49.8 Å². The van der Waals surface area contributed by atoms with Gasteiger partial charge in [-0.1, -0.05) is 23.7 Å². The number of carboxylic acids is 2. The van der Waals surface area contributed by atoms with Crippen LogP contribution in [0.5, 0.6) is 0 Å². The molecule has 0 amide bonds. The number of carboxylic acid groups (broad SMARTS) is 2. The van der Waals surface area contributed by atoms with Crippen LogP contribution in [0, 0.1) is 5.92 Å². The van der Waals surface area contributed by atoms with Crippen LogP contribution in [0.1, 0.15) is 50.5 Å². The van der Waals surface area contributed by atoms with Gasteiger partial charge in [0.15, 0.2) is 0 Å². The van der Waals surface area contributed by atoms with Crippen molar-refractivity contribution in [3.63, 3.8) is 0 Å². The molecule has 0 aromatic heterocycles. The number of benzene rings is 1. The van der Waals surface area contributed by atoms with E-state index in [1.54, 1.807) is 0 Å². The van der Waals surface area contributed by atoms with Crippen LogP contribution in [-0.4, -0.2) is 34.2 Å². The number of hydrogen-bond donors (Lipinski definition) is 3. The Bertz CT molecular complexity index is 557. The van der Waals surface area contributed by atoms with Crippen LogP contribution in [0.15, 0.2) is 24.3 Å². The standard InChI is InChI=1S/C14H18ClN.C4H6O4/c1-9-13(8-14(16-9)11-2-3-11)10-4-6-12(15)7-5-10;5-3(6)1-2-4(7)8/h4-7,9,11,13-14,16H,2-3,8H2,1H3;1-2H2,(H,5,6)(H,7,8). The van der Waals surface area contributed by atoms with Crippen molar-refractivity contribution in [1.82, 2.24) is 5.32 Å². The fraction of sp³-hybridized carbons (Fsp3) is 0.556. The first-order valence-electron chi connectivity index (χ1n) is 8.32. The second-order valence-corrected chi connectivity index (χ2v) is 7.02. The highest BCUT2D eigenvalue weighted by atomic mass is 35.5. The summed E-state index contributed by atoms with van der Waals surface area (Å²) < 4.78 is 0. The number of carbonyl (C=O) groups is 2. The SMILES string of the molecule is CC1NC(C2CC2)CC1c1ccc(Cl)cc1.O=C(O)CCC(=O)O. The Balaban J connectivity index is 0.000000224. The smallest absolute Gasteiger partial charge is 0.303 e. The minimum atomic E-state index is -1.08. The van der Waals surface area contributed by atoms with Crippen molar-refractivity contribution in [2.75, 3.05) is 0 Å². The predicted octanol–water partition coefficient (Wildman–Crippen LogP) is 3.52. The molecule has 3 rings (SSSR count). The molecule has 1 saturated carbocycles. The zero-order valence-electron chi connectivity index (χ0n) is 13.7. The Morgan fingerprint density at radius 1 is 1.12 bits per heavy atom.